The summed E-state index contributed by atoms with van der Waals surface area (Å²) in [5.41, 5.74) is 3.34. The number of carbonyl (C=O) groups is 1. The number of aromatic nitrogens is 3. The fraction of sp³-hybridized carbons (Fsp3) is 0.278. The standard InChI is InChI=1S/C18H19FN4O3/c1-11-15(12(2)22(3)21-11)8-20-17(24)10-23-9-16(26-18(23)25)13-4-6-14(19)7-5-13/h4-7,9H,8,10H2,1-3H3,(H,20,24). The maximum atomic E-state index is 13.0. The number of hydrogen-bond acceptors (Lipinski definition) is 4. The van der Waals surface area contributed by atoms with Crippen LogP contribution in [0.2, 0.25) is 0 Å². The number of nitrogens with one attached hydrogen (secondary N) is 1. The van der Waals surface area contributed by atoms with Crippen LogP contribution in [0.1, 0.15) is 17.0 Å². The number of rotatable bonds is 5. The molecule has 0 radical (unpaired) electrons. The third-order valence-electron chi connectivity index (χ3n) is 4.27. The zero-order valence-electron chi connectivity index (χ0n) is 14.7. The van der Waals surface area contributed by atoms with Gasteiger partial charge in [-0.25, -0.2) is 9.18 Å². The molecule has 0 saturated heterocycles. The quantitative estimate of drug-likeness (QED) is 0.755. The lowest BCUT2D eigenvalue weighted by Crippen LogP contribution is -2.30. The van der Waals surface area contributed by atoms with Crippen molar-refractivity contribution >= 4 is 5.91 Å². The highest BCUT2D eigenvalue weighted by atomic mass is 19.1. The summed E-state index contributed by atoms with van der Waals surface area (Å²) in [5.74, 6) is -1.06. The van der Waals surface area contributed by atoms with E-state index in [1.807, 2.05) is 20.9 Å². The number of carbonyl (C=O) groups excluding carboxylic acids is 1. The molecule has 2 aromatic heterocycles. The van der Waals surface area contributed by atoms with Gasteiger partial charge in [0.05, 0.1) is 11.9 Å². The van der Waals surface area contributed by atoms with Crippen molar-refractivity contribution in [3.05, 3.63) is 63.8 Å². The van der Waals surface area contributed by atoms with Crippen molar-refractivity contribution in [2.24, 2.45) is 7.05 Å². The number of benzene rings is 1. The Balaban J connectivity index is 1.68. The zero-order chi connectivity index (χ0) is 18.8. The molecular formula is C18H19FN4O3. The van der Waals surface area contributed by atoms with Crippen LogP contribution in [0.3, 0.4) is 0 Å². The van der Waals surface area contributed by atoms with Crippen molar-refractivity contribution in [3.8, 4) is 11.3 Å². The summed E-state index contributed by atoms with van der Waals surface area (Å²) >= 11 is 0. The SMILES string of the molecule is Cc1nn(C)c(C)c1CNC(=O)Cn1cc(-c2ccc(F)cc2)oc1=O. The van der Waals surface area contributed by atoms with Crippen LogP contribution in [0, 0.1) is 19.7 Å². The highest BCUT2D eigenvalue weighted by Crippen LogP contribution is 2.18. The van der Waals surface area contributed by atoms with Crippen LogP contribution < -0.4 is 11.1 Å². The molecule has 1 aromatic carbocycles. The first kappa shape index (κ1) is 17.7. The molecule has 0 aliphatic rings. The van der Waals surface area contributed by atoms with Gasteiger partial charge in [-0.1, -0.05) is 0 Å². The minimum atomic E-state index is -0.645. The lowest BCUT2D eigenvalue weighted by atomic mass is 10.2. The number of halogens is 1. The number of aryl methyl sites for hydroxylation is 2. The molecule has 1 N–H and O–H groups in total. The van der Waals surface area contributed by atoms with Gasteiger partial charge in [-0.15, -0.1) is 0 Å². The summed E-state index contributed by atoms with van der Waals surface area (Å²) in [5, 5.41) is 7.08. The van der Waals surface area contributed by atoms with Crippen molar-refractivity contribution in [3.63, 3.8) is 0 Å². The molecule has 0 saturated carbocycles. The highest BCUT2D eigenvalue weighted by Gasteiger charge is 2.14. The lowest BCUT2D eigenvalue weighted by molar-refractivity contribution is -0.121. The minimum absolute atomic E-state index is 0.165. The Kier molecular flexibility index (Phi) is 4.75. The second kappa shape index (κ2) is 6.99. The van der Waals surface area contributed by atoms with Gasteiger partial charge >= 0.3 is 5.76 Å². The predicted molar refractivity (Wildman–Crippen MR) is 92.9 cm³/mol. The molecule has 3 aromatic rings. The third kappa shape index (κ3) is 3.58. The number of amides is 1. The van der Waals surface area contributed by atoms with Crippen molar-refractivity contribution in [2.75, 3.05) is 0 Å². The summed E-state index contributed by atoms with van der Waals surface area (Å²) in [7, 11) is 1.84. The van der Waals surface area contributed by atoms with Gasteiger partial charge in [0, 0.05) is 30.4 Å². The van der Waals surface area contributed by atoms with Gasteiger partial charge in [0.25, 0.3) is 0 Å². The summed E-state index contributed by atoms with van der Waals surface area (Å²) in [6.07, 6.45) is 1.44. The van der Waals surface area contributed by atoms with Crippen molar-refractivity contribution < 1.29 is 13.6 Å². The average molecular weight is 358 g/mol. The van der Waals surface area contributed by atoms with Crippen LogP contribution in [-0.2, 0) is 24.9 Å². The molecule has 26 heavy (non-hydrogen) atoms. The maximum absolute atomic E-state index is 13.0. The van der Waals surface area contributed by atoms with E-state index < -0.39 is 5.76 Å². The van der Waals surface area contributed by atoms with E-state index in [4.69, 9.17) is 4.42 Å². The van der Waals surface area contributed by atoms with Crippen LogP contribution in [0.15, 0.2) is 39.7 Å². The molecule has 2 heterocycles. The van der Waals surface area contributed by atoms with E-state index in [9.17, 15) is 14.0 Å². The van der Waals surface area contributed by atoms with E-state index in [1.165, 1.54) is 35.0 Å². The molecule has 0 spiro atoms. The van der Waals surface area contributed by atoms with Crippen molar-refractivity contribution in [1.29, 1.82) is 0 Å². The summed E-state index contributed by atoms with van der Waals surface area (Å²) < 4.78 is 21.1. The molecule has 0 bridgehead atoms. The van der Waals surface area contributed by atoms with Crippen LogP contribution in [0.5, 0.6) is 0 Å². The second-order valence-corrected chi connectivity index (χ2v) is 6.05. The van der Waals surface area contributed by atoms with Crippen LogP contribution >= 0.6 is 0 Å². The first-order valence-electron chi connectivity index (χ1n) is 8.07. The maximum Gasteiger partial charge on any atom is 0.419 e. The summed E-state index contributed by atoms with van der Waals surface area (Å²) in [6.45, 7) is 3.98. The van der Waals surface area contributed by atoms with Crippen molar-refractivity contribution in [2.45, 2.75) is 26.9 Å². The Labute approximate surface area is 149 Å². The van der Waals surface area contributed by atoms with E-state index >= 15 is 0 Å². The Bertz CT molecular complexity index is 999. The number of nitrogens with zero attached hydrogens (tertiary/aromatic N) is 3. The summed E-state index contributed by atoms with van der Waals surface area (Å²) in [6, 6.07) is 5.56. The molecule has 1 amide bonds. The van der Waals surface area contributed by atoms with Gasteiger partial charge in [0.15, 0.2) is 5.76 Å². The molecule has 3 rings (SSSR count). The fourth-order valence-corrected chi connectivity index (χ4v) is 2.70. The minimum Gasteiger partial charge on any atom is -0.408 e. The van der Waals surface area contributed by atoms with Crippen LogP contribution in [0.25, 0.3) is 11.3 Å². The first-order valence-corrected chi connectivity index (χ1v) is 8.07. The van der Waals surface area contributed by atoms with Crippen LogP contribution in [0.4, 0.5) is 4.39 Å². The van der Waals surface area contributed by atoms with Crippen molar-refractivity contribution in [1.82, 2.24) is 19.7 Å². The Morgan fingerprint density at radius 2 is 1.96 bits per heavy atom. The number of hydrogen-bond donors (Lipinski definition) is 1. The smallest absolute Gasteiger partial charge is 0.408 e. The van der Waals surface area contributed by atoms with Gasteiger partial charge in [-0.05, 0) is 38.1 Å². The largest absolute Gasteiger partial charge is 0.419 e. The lowest BCUT2D eigenvalue weighted by Gasteiger charge is -2.05. The molecular weight excluding hydrogens is 339 g/mol. The third-order valence-corrected chi connectivity index (χ3v) is 4.27. The van der Waals surface area contributed by atoms with E-state index in [-0.39, 0.29) is 24.0 Å². The van der Waals surface area contributed by atoms with Gasteiger partial charge in [-0.2, -0.15) is 5.10 Å². The van der Waals surface area contributed by atoms with Gasteiger partial charge in [-0.3, -0.25) is 14.0 Å². The predicted octanol–water partition coefficient (Wildman–Crippen LogP) is 1.91. The van der Waals surface area contributed by atoms with Gasteiger partial charge < -0.3 is 9.73 Å². The topological polar surface area (TPSA) is 82.1 Å². The molecule has 0 aliphatic carbocycles. The van der Waals surface area contributed by atoms with E-state index in [2.05, 4.69) is 10.4 Å². The van der Waals surface area contributed by atoms with Crippen LogP contribution in [-0.4, -0.2) is 20.3 Å². The second-order valence-electron chi connectivity index (χ2n) is 6.05. The summed E-state index contributed by atoms with van der Waals surface area (Å²) in [4.78, 5) is 24.1. The molecule has 0 atom stereocenters. The van der Waals surface area contributed by atoms with E-state index in [0.717, 1.165) is 17.0 Å². The zero-order valence-corrected chi connectivity index (χ0v) is 14.7. The normalized spacial score (nSPS) is 10.9. The Hall–Kier alpha value is -3.16. The van der Waals surface area contributed by atoms with E-state index in [1.54, 1.807) is 4.68 Å². The van der Waals surface area contributed by atoms with Gasteiger partial charge in [0.1, 0.15) is 12.4 Å². The molecule has 7 nitrogen and oxygen atoms in total. The Morgan fingerprint density at radius 3 is 2.58 bits per heavy atom. The van der Waals surface area contributed by atoms with Gasteiger partial charge in [0.2, 0.25) is 5.91 Å². The molecule has 136 valence electrons. The number of oxazole rings is 1. The highest BCUT2D eigenvalue weighted by molar-refractivity contribution is 5.75. The fourth-order valence-electron chi connectivity index (χ4n) is 2.70. The van der Waals surface area contributed by atoms with E-state index in [0.29, 0.717) is 12.1 Å². The average Bonchev–Trinajstić information content (AvgIpc) is 3.06. The Morgan fingerprint density at radius 1 is 1.27 bits per heavy atom. The molecule has 8 heteroatoms. The molecule has 0 unspecified atom stereocenters. The first-order chi connectivity index (χ1) is 12.3. The molecule has 0 fully saturated rings. The molecule has 0 aliphatic heterocycles. The monoisotopic (exact) mass is 358 g/mol.